The molecule has 3 N–H and O–H groups in total. The number of fused-ring (bicyclic) bond motifs is 1. The average Bonchev–Trinajstić information content (AvgIpc) is 2.83. The molecule has 0 aromatic carbocycles. The van der Waals surface area contributed by atoms with Crippen molar-refractivity contribution < 1.29 is 4.84 Å². The van der Waals surface area contributed by atoms with Gasteiger partial charge in [0.25, 0.3) is 0 Å². The van der Waals surface area contributed by atoms with E-state index in [1.807, 2.05) is 5.06 Å². The van der Waals surface area contributed by atoms with Gasteiger partial charge in [-0.15, -0.1) is 0 Å². The standard InChI is InChI=1S/C8H18N4O/c1-2-10-5-6-12-8(13-12)7-11-4-3-9-1/h8-11H,1-7H2. The number of nitrogens with one attached hydrogen (secondary N) is 3. The van der Waals surface area contributed by atoms with E-state index in [1.165, 1.54) is 0 Å². The normalized spacial score (nSPS) is 36.9. The molecule has 2 fully saturated rings. The molecule has 76 valence electrons. The smallest absolute Gasteiger partial charge is 0.167 e. The summed E-state index contributed by atoms with van der Waals surface area (Å²) in [5.74, 6) is 0. The Kier molecular flexibility index (Phi) is 3.51. The second-order valence-electron chi connectivity index (χ2n) is 3.40. The molecular formula is C8H18N4O. The van der Waals surface area contributed by atoms with Gasteiger partial charge in [0.1, 0.15) is 0 Å². The van der Waals surface area contributed by atoms with Crippen LogP contribution in [0.1, 0.15) is 0 Å². The minimum Gasteiger partial charge on any atom is -0.314 e. The summed E-state index contributed by atoms with van der Waals surface area (Å²) < 4.78 is 0. The Morgan fingerprint density at radius 2 is 1.62 bits per heavy atom. The van der Waals surface area contributed by atoms with Crippen molar-refractivity contribution >= 4 is 0 Å². The molecule has 2 aliphatic rings. The van der Waals surface area contributed by atoms with E-state index >= 15 is 0 Å². The van der Waals surface area contributed by atoms with Gasteiger partial charge in [-0.2, -0.15) is 5.06 Å². The molecule has 0 bridgehead atoms. The molecule has 2 heterocycles. The lowest BCUT2D eigenvalue weighted by atomic mass is 10.4. The SMILES string of the molecule is C1CNCCN2OC2CNCCN1. The number of rotatable bonds is 0. The van der Waals surface area contributed by atoms with Crippen LogP contribution in [0.3, 0.4) is 0 Å². The summed E-state index contributed by atoms with van der Waals surface area (Å²) in [4.78, 5) is 5.34. The maximum Gasteiger partial charge on any atom is 0.167 e. The molecule has 2 atom stereocenters. The van der Waals surface area contributed by atoms with Crippen molar-refractivity contribution in [1.29, 1.82) is 0 Å². The summed E-state index contributed by atoms with van der Waals surface area (Å²) >= 11 is 0. The van der Waals surface area contributed by atoms with Crippen molar-refractivity contribution in [1.82, 2.24) is 21.0 Å². The lowest BCUT2D eigenvalue weighted by molar-refractivity contribution is 0.199. The van der Waals surface area contributed by atoms with E-state index < -0.39 is 0 Å². The highest BCUT2D eigenvalue weighted by Crippen LogP contribution is 2.17. The highest BCUT2D eigenvalue weighted by Gasteiger charge is 2.34. The molecule has 2 unspecified atom stereocenters. The van der Waals surface area contributed by atoms with E-state index in [0.29, 0.717) is 6.23 Å². The Balaban J connectivity index is 1.66. The average molecular weight is 186 g/mol. The van der Waals surface area contributed by atoms with Crippen molar-refractivity contribution in [2.45, 2.75) is 6.23 Å². The topological polar surface area (TPSA) is 51.6 Å². The van der Waals surface area contributed by atoms with Gasteiger partial charge in [-0.1, -0.05) is 0 Å². The summed E-state index contributed by atoms with van der Waals surface area (Å²) in [5.41, 5.74) is 0. The van der Waals surface area contributed by atoms with Crippen LogP contribution >= 0.6 is 0 Å². The number of hydrogen-bond donors (Lipinski definition) is 3. The van der Waals surface area contributed by atoms with E-state index in [9.17, 15) is 0 Å². The molecule has 0 amide bonds. The molecular weight excluding hydrogens is 168 g/mol. The summed E-state index contributed by atoms with van der Waals surface area (Å²) in [6.45, 7) is 7.10. The number of hydroxylamine groups is 2. The molecule has 0 aromatic rings. The van der Waals surface area contributed by atoms with Crippen LogP contribution in [0.25, 0.3) is 0 Å². The Hall–Kier alpha value is -0.200. The van der Waals surface area contributed by atoms with E-state index in [-0.39, 0.29) is 0 Å². The fourth-order valence-electron chi connectivity index (χ4n) is 1.48. The van der Waals surface area contributed by atoms with Crippen molar-refractivity contribution in [2.75, 3.05) is 45.8 Å². The van der Waals surface area contributed by atoms with Crippen LogP contribution in [0.4, 0.5) is 0 Å². The predicted octanol–water partition coefficient (Wildman–Crippen LogP) is -1.66. The van der Waals surface area contributed by atoms with Crippen molar-refractivity contribution in [3.8, 4) is 0 Å². The monoisotopic (exact) mass is 186 g/mol. The van der Waals surface area contributed by atoms with Crippen LogP contribution in [-0.2, 0) is 4.84 Å². The first-order valence-electron chi connectivity index (χ1n) is 5.02. The minimum atomic E-state index is 0.321. The van der Waals surface area contributed by atoms with Gasteiger partial charge in [-0.05, 0) is 0 Å². The van der Waals surface area contributed by atoms with Gasteiger partial charge >= 0.3 is 0 Å². The Bertz CT molecular complexity index is 139. The lowest BCUT2D eigenvalue weighted by Gasteiger charge is -2.08. The first-order chi connectivity index (χ1) is 6.47. The largest absolute Gasteiger partial charge is 0.314 e. The van der Waals surface area contributed by atoms with Gasteiger partial charge in [-0.3, -0.25) is 4.84 Å². The molecule has 2 saturated heterocycles. The van der Waals surface area contributed by atoms with Gasteiger partial charge in [0.2, 0.25) is 0 Å². The van der Waals surface area contributed by atoms with Gasteiger partial charge in [-0.25, -0.2) is 0 Å². The summed E-state index contributed by atoms with van der Waals surface area (Å²) in [7, 11) is 0. The van der Waals surface area contributed by atoms with Gasteiger partial charge in [0.05, 0.1) is 0 Å². The zero-order valence-electron chi connectivity index (χ0n) is 7.88. The quantitative estimate of drug-likeness (QED) is 0.395. The first kappa shape index (κ1) is 9.36. The molecule has 0 aliphatic carbocycles. The lowest BCUT2D eigenvalue weighted by Crippen LogP contribution is -2.36. The minimum absolute atomic E-state index is 0.321. The zero-order valence-corrected chi connectivity index (χ0v) is 7.88. The molecule has 0 saturated carbocycles. The van der Waals surface area contributed by atoms with Crippen molar-refractivity contribution in [2.24, 2.45) is 0 Å². The number of hydrogen-bond acceptors (Lipinski definition) is 5. The van der Waals surface area contributed by atoms with Crippen LogP contribution < -0.4 is 16.0 Å². The van der Waals surface area contributed by atoms with Gasteiger partial charge in [0.15, 0.2) is 6.23 Å². The third-order valence-electron chi connectivity index (χ3n) is 2.32. The fraction of sp³-hybridized carbons (Fsp3) is 1.00. The van der Waals surface area contributed by atoms with E-state index in [2.05, 4.69) is 16.0 Å². The molecule has 5 nitrogen and oxygen atoms in total. The highest BCUT2D eigenvalue weighted by atomic mass is 16.8. The second-order valence-corrected chi connectivity index (χ2v) is 3.40. The third kappa shape index (κ3) is 3.21. The summed E-state index contributed by atoms with van der Waals surface area (Å²) in [5, 5.41) is 12.1. The predicted molar refractivity (Wildman–Crippen MR) is 50.2 cm³/mol. The molecule has 2 aliphatic heterocycles. The fourth-order valence-corrected chi connectivity index (χ4v) is 1.48. The van der Waals surface area contributed by atoms with Crippen LogP contribution in [-0.4, -0.2) is 57.1 Å². The molecule has 0 spiro atoms. The van der Waals surface area contributed by atoms with Crippen molar-refractivity contribution in [3.63, 3.8) is 0 Å². The maximum atomic E-state index is 5.34. The third-order valence-corrected chi connectivity index (χ3v) is 2.32. The molecule has 0 radical (unpaired) electrons. The second kappa shape index (κ2) is 4.88. The maximum absolute atomic E-state index is 5.34. The van der Waals surface area contributed by atoms with Crippen LogP contribution in [0.2, 0.25) is 0 Å². The van der Waals surface area contributed by atoms with Crippen LogP contribution in [0, 0.1) is 0 Å². The highest BCUT2D eigenvalue weighted by molar-refractivity contribution is 4.71. The Morgan fingerprint density at radius 1 is 0.923 bits per heavy atom. The van der Waals surface area contributed by atoms with Crippen LogP contribution in [0.5, 0.6) is 0 Å². The molecule has 2 rings (SSSR count). The van der Waals surface area contributed by atoms with Crippen LogP contribution in [0.15, 0.2) is 0 Å². The van der Waals surface area contributed by atoms with E-state index in [1.54, 1.807) is 0 Å². The van der Waals surface area contributed by atoms with Crippen molar-refractivity contribution in [3.05, 3.63) is 0 Å². The van der Waals surface area contributed by atoms with E-state index in [4.69, 9.17) is 4.84 Å². The molecule has 5 heteroatoms. The zero-order chi connectivity index (χ0) is 8.93. The summed E-state index contributed by atoms with van der Waals surface area (Å²) in [6.07, 6.45) is 0.321. The Labute approximate surface area is 78.8 Å². The van der Waals surface area contributed by atoms with E-state index in [0.717, 1.165) is 45.8 Å². The molecule has 13 heavy (non-hydrogen) atoms. The molecule has 0 aromatic heterocycles. The Morgan fingerprint density at radius 3 is 2.46 bits per heavy atom. The first-order valence-corrected chi connectivity index (χ1v) is 5.02. The van der Waals surface area contributed by atoms with Gasteiger partial charge < -0.3 is 16.0 Å². The van der Waals surface area contributed by atoms with Gasteiger partial charge in [0, 0.05) is 45.8 Å². The summed E-state index contributed by atoms with van der Waals surface area (Å²) in [6, 6.07) is 0. The number of nitrogens with zero attached hydrogens (tertiary/aromatic N) is 1.